The number of rotatable bonds is 4. The number of hydrogen-bond donors (Lipinski definition) is 2. The molecular weight excluding hydrogens is 459 g/mol. The molecule has 0 radical (unpaired) electrons. The Morgan fingerprint density at radius 2 is 2.00 bits per heavy atom. The van der Waals surface area contributed by atoms with E-state index in [2.05, 4.69) is 15.5 Å². The molecule has 34 heavy (non-hydrogen) atoms. The molecule has 1 unspecified atom stereocenters. The van der Waals surface area contributed by atoms with Gasteiger partial charge in [-0.25, -0.2) is 9.59 Å². The van der Waals surface area contributed by atoms with Crippen molar-refractivity contribution in [3.8, 4) is 0 Å². The largest absolute Gasteiger partial charge is 0.490 e. The SMILES string of the molecule is CC(C)NC(=O)N1CCCC2(CC(C(=O)N(C)Cc3ccccn3)=NO2)C1.O=C(O)C(F)(F)F. The molecule has 10 nitrogen and oxygen atoms in total. The molecule has 3 rings (SSSR count). The zero-order valence-corrected chi connectivity index (χ0v) is 19.1. The van der Waals surface area contributed by atoms with Crippen LogP contribution in [-0.4, -0.2) is 81.5 Å². The normalized spacial score (nSPS) is 19.6. The number of nitrogens with one attached hydrogen (secondary N) is 1. The van der Waals surface area contributed by atoms with Gasteiger partial charge in [0.25, 0.3) is 5.91 Å². The number of piperidine rings is 1. The van der Waals surface area contributed by atoms with E-state index in [9.17, 15) is 22.8 Å². The number of pyridine rings is 1. The number of amides is 3. The van der Waals surface area contributed by atoms with E-state index in [1.165, 1.54) is 0 Å². The fourth-order valence-electron chi connectivity index (χ4n) is 3.49. The minimum atomic E-state index is -5.08. The number of nitrogens with zero attached hydrogens (tertiary/aromatic N) is 4. The summed E-state index contributed by atoms with van der Waals surface area (Å²) in [5.41, 5.74) is 0.625. The highest BCUT2D eigenvalue weighted by atomic mass is 19.4. The summed E-state index contributed by atoms with van der Waals surface area (Å²) >= 11 is 0. The van der Waals surface area contributed by atoms with Crippen molar-refractivity contribution >= 4 is 23.6 Å². The minimum Gasteiger partial charge on any atom is -0.475 e. The molecule has 1 fully saturated rings. The second-order valence-corrected chi connectivity index (χ2v) is 8.40. The summed E-state index contributed by atoms with van der Waals surface area (Å²) in [6.45, 7) is 5.40. The molecular formula is C21H28F3N5O5. The third-order valence-electron chi connectivity index (χ3n) is 5.04. The predicted molar refractivity (Wildman–Crippen MR) is 115 cm³/mol. The van der Waals surface area contributed by atoms with Gasteiger partial charge in [-0.3, -0.25) is 9.78 Å². The smallest absolute Gasteiger partial charge is 0.475 e. The zero-order chi connectivity index (χ0) is 25.5. The van der Waals surface area contributed by atoms with E-state index in [0.29, 0.717) is 31.8 Å². The van der Waals surface area contributed by atoms with Crippen LogP contribution < -0.4 is 5.32 Å². The van der Waals surface area contributed by atoms with Crippen LogP contribution in [0.4, 0.5) is 18.0 Å². The van der Waals surface area contributed by atoms with Crippen molar-refractivity contribution in [1.82, 2.24) is 20.1 Å². The maximum Gasteiger partial charge on any atom is 0.490 e. The van der Waals surface area contributed by atoms with Gasteiger partial charge in [-0.1, -0.05) is 11.2 Å². The summed E-state index contributed by atoms with van der Waals surface area (Å²) in [6.07, 6.45) is -1.35. The number of halogens is 3. The highest BCUT2D eigenvalue weighted by Gasteiger charge is 2.46. The minimum absolute atomic E-state index is 0.0773. The van der Waals surface area contributed by atoms with E-state index in [4.69, 9.17) is 14.7 Å². The Morgan fingerprint density at radius 1 is 1.32 bits per heavy atom. The molecule has 1 aromatic heterocycles. The van der Waals surface area contributed by atoms with Gasteiger partial charge in [-0.15, -0.1) is 0 Å². The van der Waals surface area contributed by atoms with Gasteiger partial charge in [0.15, 0.2) is 5.60 Å². The van der Waals surface area contributed by atoms with Crippen molar-refractivity contribution in [2.45, 2.75) is 57.5 Å². The molecule has 0 saturated carbocycles. The predicted octanol–water partition coefficient (Wildman–Crippen LogP) is 2.40. The molecule has 1 atom stereocenters. The molecule has 3 heterocycles. The number of carboxylic acids is 1. The van der Waals surface area contributed by atoms with Crippen LogP contribution in [0.1, 0.15) is 38.8 Å². The van der Waals surface area contributed by atoms with Crippen LogP contribution in [0.3, 0.4) is 0 Å². The van der Waals surface area contributed by atoms with E-state index in [1.807, 2.05) is 32.0 Å². The van der Waals surface area contributed by atoms with E-state index in [1.54, 1.807) is 23.0 Å². The summed E-state index contributed by atoms with van der Waals surface area (Å²) < 4.78 is 31.7. The van der Waals surface area contributed by atoms with Crippen LogP contribution in [0.2, 0.25) is 0 Å². The third-order valence-corrected chi connectivity index (χ3v) is 5.04. The first-order chi connectivity index (χ1) is 15.8. The number of hydrogen-bond acceptors (Lipinski definition) is 6. The van der Waals surface area contributed by atoms with Gasteiger partial charge >= 0.3 is 18.2 Å². The van der Waals surface area contributed by atoms with Crippen LogP contribution in [0.15, 0.2) is 29.6 Å². The quantitative estimate of drug-likeness (QED) is 0.672. The Morgan fingerprint density at radius 3 is 2.56 bits per heavy atom. The van der Waals surface area contributed by atoms with E-state index >= 15 is 0 Å². The number of carbonyl (C=O) groups is 3. The second-order valence-electron chi connectivity index (χ2n) is 8.40. The lowest BCUT2D eigenvalue weighted by molar-refractivity contribution is -0.192. The van der Waals surface area contributed by atoms with Gasteiger partial charge < -0.3 is 25.1 Å². The van der Waals surface area contributed by atoms with E-state index < -0.39 is 17.7 Å². The number of aromatic nitrogens is 1. The van der Waals surface area contributed by atoms with Crippen LogP contribution in [0.25, 0.3) is 0 Å². The number of carbonyl (C=O) groups excluding carboxylic acids is 2. The zero-order valence-electron chi connectivity index (χ0n) is 19.1. The Labute approximate surface area is 194 Å². The lowest BCUT2D eigenvalue weighted by atomic mass is 9.88. The van der Waals surface area contributed by atoms with Crippen LogP contribution in [0.5, 0.6) is 0 Å². The van der Waals surface area contributed by atoms with E-state index in [-0.39, 0.29) is 18.0 Å². The van der Waals surface area contributed by atoms with Gasteiger partial charge in [0.1, 0.15) is 5.71 Å². The topological polar surface area (TPSA) is 124 Å². The van der Waals surface area contributed by atoms with Crippen LogP contribution in [-0.2, 0) is 21.0 Å². The number of oxime groups is 1. The second kappa shape index (κ2) is 11.2. The molecule has 2 aliphatic rings. The lowest BCUT2D eigenvalue weighted by Gasteiger charge is -2.38. The average Bonchev–Trinajstić information content (AvgIpc) is 3.16. The molecule has 1 aromatic rings. The molecule has 188 valence electrons. The molecule has 0 bridgehead atoms. The number of carboxylic acid groups (broad SMARTS) is 1. The Balaban J connectivity index is 0.000000509. The standard InChI is InChI=1S/C19H27N5O3.C2HF3O2/c1-14(2)21-18(26)24-10-6-8-19(13-24)11-16(22-27-19)17(25)23(3)12-15-7-4-5-9-20-15;3-2(4,5)1(6)7/h4-5,7,9,14H,6,8,10-13H2,1-3H3,(H,21,26);(H,6,7). The molecule has 1 spiro atoms. The summed E-state index contributed by atoms with van der Waals surface area (Å²) in [5.74, 6) is -2.92. The van der Waals surface area contributed by atoms with E-state index in [0.717, 1.165) is 18.5 Å². The molecule has 1 saturated heterocycles. The molecule has 2 N–H and O–H groups in total. The number of likely N-dealkylation sites (tertiary alicyclic amines) is 1. The summed E-state index contributed by atoms with van der Waals surface area (Å²) in [7, 11) is 1.73. The summed E-state index contributed by atoms with van der Waals surface area (Å²) in [5, 5.41) is 14.1. The van der Waals surface area contributed by atoms with Crippen molar-refractivity contribution in [2.75, 3.05) is 20.1 Å². The molecule has 0 aromatic carbocycles. The van der Waals surface area contributed by atoms with Crippen molar-refractivity contribution in [3.63, 3.8) is 0 Å². The first-order valence-electron chi connectivity index (χ1n) is 10.6. The third kappa shape index (κ3) is 7.59. The summed E-state index contributed by atoms with van der Waals surface area (Å²) in [4.78, 5) is 47.2. The number of alkyl halides is 3. The number of aliphatic carboxylic acids is 1. The van der Waals surface area contributed by atoms with Gasteiger partial charge in [0.05, 0.1) is 18.8 Å². The lowest BCUT2D eigenvalue weighted by Crippen LogP contribution is -2.54. The number of urea groups is 1. The maximum absolute atomic E-state index is 12.7. The molecule has 3 amide bonds. The van der Waals surface area contributed by atoms with Gasteiger partial charge in [0, 0.05) is 32.3 Å². The van der Waals surface area contributed by atoms with Crippen LogP contribution >= 0.6 is 0 Å². The molecule has 13 heteroatoms. The highest BCUT2D eigenvalue weighted by molar-refractivity contribution is 6.39. The first-order valence-corrected chi connectivity index (χ1v) is 10.6. The van der Waals surface area contributed by atoms with Gasteiger partial charge in [0.2, 0.25) is 0 Å². The molecule has 0 aliphatic carbocycles. The monoisotopic (exact) mass is 487 g/mol. The van der Waals surface area contributed by atoms with Crippen molar-refractivity contribution in [3.05, 3.63) is 30.1 Å². The highest BCUT2D eigenvalue weighted by Crippen LogP contribution is 2.34. The fourth-order valence-corrected chi connectivity index (χ4v) is 3.49. The first kappa shape index (κ1) is 26.9. The molecule has 2 aliphatic heterocycles. The Bertz CT molecular complexity index is 910. The Kier molecular flexibility index (Phi) is 8.82. The average molecular weight is 487 g/mol. The van der Waals surface area contributed by atoms with Crippen molar-refractivity contribution < 1.29 is 37.5 Å². The Hall–Kier alpha value is -3.38. The fraction of sp³-hybridized carbons (Fsp3) is 0.571. The van der Waals surface area contributed by atoms with Crippen molar-refractivity contribution in [2.24, 2.45) is 5.16 Å². The van der Waals surface area contributed by atoms with Crippen molar-refractivity contribution in [1.29, 1.82) is 0 Å². The van der Waals surface area contributed by atoms with Gasteiger partial charge in [-0.2, -0.15) is 13.2 Å². The summed E-state index contributed by atoms with van der Waals surface area (Å²) in [6, 6.07) is 5.59. The van der Waals surface area contributed by atoms with Gasteiger partial charge in [-0.05, 0) is 38.8 Å². The maximum atomic E-state index is 12.7. The van der Waals surface area contributed by atoms with Crippen LogP contribution in [0, 0.1) is 0 Å².